The highest BCUT2D eigenvalue weighted by atomic mass is 16.2. The fourth-order valence-electron chi connectivity index (χ4n) is 5.29. The first-order valence-corrected chi connectivity index (χ1v) is 7.94. The molecule has 0 aliphatic heterocycles. The first-order chi connectivity index (χ1) is 9.61. The monoisotopic (exact) mass is 273 g/mol. The maximum absolute atomic E-state index is 12.8. The number of aromatic nitrogens is 2. The molecule has 4 saturated carbocycles. The van der Waals surface area contributed by atoms with Crippen LogP contribution in [0.3, 0.4) is 0 Å². The number of hydrogen-bond donors (Lipinski definition) is 2. The number of anilines is 1. The average molecular weight is 273 g/mol. The Morgan fingerprint density at radius 2 is 1.70 bits per heavy atom. The van der Waals surface area contributed by atoms with Crippen LogP contribution in [0.1, 0.15) is 43.5 Å². The van der Waals surface area contributed by atoms with Gasteiger partial charge in [0.2, 0.25) is 5.91 Å². The molecule has 1 aromatic rings. The van der Waals surface area contributed by atoms with Crippen molar-refractivity contribution in [1.29, 1.82) is 0 Å². The number of aromatic amines is 1. The van der Waals surface area contributed by atoms with Gasteiger partial charge in [-0.05, 0) is 69.6 Å². The summed E-state index contributed by atoms with van der Waals surface area (Å²) in [4.78, 5) is 12.8. The molecule has 5 rings (SSSR count). The van der Waals surface area contributed by atoms with Crippen LogP contribution in [0, 0.1) is 43.4 Å². The van der Waals surface area contributed by atoms with E-state index in [2.05, 4.69) is 15.5 Å². The van der Waals surface area contributed by atoms with Crippen LogP contribution in [0.15, 0.2) is 0 Å². The first-order valence-electron chi connectivity index (χ1n) is 7.94. The van der Waals surface area contributed by atoms with Crippen molar-refractivity contribution < 1.29 is 4.79 Å². The van der Waals surface area contributed by atoms with Gasteiger partial charge in [-0.3, -0.25) is 9.89 Å². The zero-order chi connectivity index (χ0) is 13.9. The summed E-state index contributed by atoms with van der Waals surface area (Å²) in [7, 11) is 0. The highest BCUT2D eigenvalue weighted by Crippen LogP contribution is 2.56. The third-order valence-corrected chi connectivity index (χ3v) is 5.91. The molecule has 0 spiro atoms. The van der Waals surface area contributed by atoms with E-state index in [0.29, 0.717) is 11.8 Å². The number of rotatable bonds is 2. The lowest BCUT2D eigenvalue weighted by Crippen LogP contribution is -2.49. The third kappa shape index (κ3) is 1.80. The molecule has 4 bridgehead atoms. The van der Waals surface area contributed by atoms with Crippen molar-refractivity contribution in [2.75, 3.05) is 5.32 Å². The van der Waals surface area contributed by atoms with Crippen LogP contribution in [0.25, 0.3) is 0 Å². The Balaban J connectivity index is 1.54. The maximum atomic E-state index is 12.8. The molecule has 1 amide bonds. The second-order valence-electron chi connectivity index (χ2n) is 7.25. The molecule has 108 valence electrons. The van der Waals surface area contributed by atoms with E-state index in [1.807, 2.05) is 13.8 Å². The normalized spacial score (nSPS) is 38.2. The summed E-state index contributed by atoms with van der Waals surface area (Å²) in [6, 6.07) is 0. The van der Waals surface area contributed by atoms with E-state index in [0.717, 1.165) is 28.9 Å². The minimum absolute atomic E-state index is 0.242. The van der Waals surface area contributed by atoms with E-state index in [-0.39, 0.29) is 11.8 Å². The van der Waals surface area contributed by atoms with Gasteiger partial charge in [-0.25, -0.2) is 0 Å². The molecule has 2 N–H and O–H groups in total. The molecule has 0 unspecified atom stereocenters. The molecule has 4 heteroatoms. The van der Waals surface area contributed by atoms with Crippen LogP contribution < -0.4 is 5.32 Å². The highest BCUT2D eigenvalue weighted by Gasteiger charge is 2.50. The molecular formula is C16H23N3O. The van der Waals surface area contributed by atoms with Crippen LogP contribution in [0.5, 0.6) is 0 Å². The lowest BCUT2D eigenvalue weighted by Gasteiger charge is -2.53. The number of carbonyl (C=O) groups is 1. The zero-order valence-electron chi connectivity index (χ0n) is 12.3. The highest BCUT2D eigenvalue weighted by molar-refractivity contribution is 5.94. The minimum Gasteiger partial charge on any atom is -0.323 e. The van der Waals surface area contributed by atoms with E-state index < -0.39 is 0 Å². The van der Waals surface area contributed by atoms with Crippen LogP contribution in [-0.4, -0.2) is 16.1 Å². The summed E-state index contributed by atoms with van der Waals surface area (Å²) >= 11 is 0. The quantitative estimate of drug-likeness (QED) is 0.870. The Kier molecular flexibility index (Phi) is 2.69. The van der Waals surface area contributed by atoms with Crippen LogP contribution in [-0.2, 0) is 4.79 Å². The minimum atomic E-state index is 0.242. The zero-order valence-corrected chi connectivity index (χ0v) is 12.3. The number of nitrogens with zero attached hydrogens (tertiary/aromatic N) is 1. The van der Waals surface area contributed by atoms with E-state index in [4.69, 9.17) is 0 Å². The van der Waals surface area contributed by atoms with Crippen molar-refractivity contribution >= 4 is 11.6 Å². The number of H-pyrrole nitrogens is 1. The van der Waals surface area contributed by atoms with Crippen molar-refractivity contribution in [3.05, 3.63) is 11.4 Å². The molecular weight excluding hydrogens is 250 g/mol. The van der Waals surface area contributed by atoms with E-state index >= 15 is 0 Å². The van der Waals surface area contributed by atoms with Crippen molar-refractivity contribution in [2.45, 2.75) is 46.0 Å². The van der Waals surface area contributed by atoms with Crippen molar-refractivity contribution in [1.82, 2.24) is 10.2 Å². The molecule has 4 fully saturated rings. The molecule has 0 aromatic carbocycles. The van der Waals surface area contributed by atoms with Crippen LogP contribution in [0.2, 0.25) is 0 Å². The molecule has 0 atom stereocenters. The Hall–Kier alpha value is -1.32. The fraction of sp³-hybridized carbons (Fsp3) is 0.750. The van der Waals surface area contributed by atoms with Gasteiger partial charge in [0.15, 0.2) is 0 Å². The number of amides is 1. The average Bonchev–Trinajstić information content (AvgIpc) is 2.69. The van der Waals surface area contributed by atoms with E-state index in [1.165, 1.54) is 32.1 Å². The topological polar surface area (TPSA) is 57.8 Å². The van der Waals surface area contributed by atoms with Crippen LogP contribution in [0.4, 0.5) is 5.69 Å². The van der Waals surface area contributed by atoms with Crippen molar-refractivity contribution in [3.8, 4) is 0 Å². The molecule has 4 aliphatic carbocycles. The summed E-state index contributed by atoms with van der Waals surface area (Å²) in [5.41, 5.74) is 2.74. The van der Waals surface area contributed by atoms with Gasteiger partial charge < -0.3 is 5.32 Å². The molecule has 4 nitrogen and oxygen atoms in total. The van der Waals surface area contributed by atoms with Gasteiger partial charge in [0.1, 0.15) is 0 Å². The number of nitrogens with one attached hydrogen (secondary N) is 2. The van der Waals surface area contributed by atoms with Gasteiger partial charge >= 0.3 is 0 Å². The molecule has 0 saturated heterocycles. The standard InChI is InChI=1S/C16H23N3O/c1-8-15(9(2)19-18-8)17-16(20)14-12-4-10-3-11(6-12)7-13(14)5-10/h10-14H,3-7H2,1-2H3,(H,17,20)(H,18,19). The lowest BCUT2D eigenvalue weighted by atomic mass is 9.51. The second kappa shape index (κ2) is 4.34. The summed E-state index contributed by atoms with van der Waals surface area (Å²) in [5, 5.41) is 10.3. The smallest absolute Gasteiger partial charge is 0.228 e. The third-order valence-electron chi connectivity index (χ3n) is 5.91. The molecule has 1 heterocycles. The summed E-state index contributed by atoms with van der Waals surface area (Å²) in [5.74, 6) is 3.60. The predicted octanol–water partition coefficient (Wildman–Crippen LogP) is 3.04. The summed E-state index contributed by atoms with van der Waals surface area (Å²) < 4.78 is 0. The number of aryl methyl sites for hydroxylation is 2. The van der Waals surface area contributed by atoms with Crippen LogP contribution >= 0.6 is 0 Å². The van der Waals surface area contributed by atoms with Gasteiger partial charge in [0.25, 0.3) is 0 Å². The largest absolute Gasteiger partial charge is 0.323 e. The molecule has 0 radical (unpaired) electrons. The molecule has 4 aliphatic rings. The Labute approximate surface area is 119 Å². The van der Waals surface area contributed by atoms with Crippen molar-refractivity contribution in [2.24, 2.45) is 29.6 Å². The molecule has 20 heavy (non-hydrogen) atoms. The number of carbonyl (C=O) groups excluding carboxylic acids is 1. The van der Waals surface area contributed by atoms with E-state index in [1.54, 1.807) is 0 Å². The Morgan fingerprint density at radius 3 is 2.20 bits per heavy atom. The van der Waals surface area contributed by atoms with Gasteiger partial charge in [0, 0.05) is 5.92 Å². The lowest BCUT2D eigenvalue weighted by molar-refractivity contribution is -0.132. The van der Waals surface area contributed by atoms with Gasteiger partial charge in [-0.1, -0.05) is 0 Å². The Bertz CT molecular complexity index is 500. The van der Waals surface area contributed by atoms with Gasteiger partial charge in [-0.15, -0.1) is 0 Å². The summed E-state index contributed by atoms with van der Waals surface area (Å²) in [6.07, 6.45) is 6.58. The second-order valence-corrected chi connectivity index (χ2v) is 7.25. The summed E-state index contributed by atoms with van der Waals surface area (Å²) in [6.45, 7) is 3.91. The van der Waals surface area contributed by atoms with Gasteiger partial charge in [-0.2, -0.15) is 5.10 Å². The SMILES string of the molecule is Cc1n[nH]c(C)c1NC(=O)C1C2CC3CC(C2)CC1C3. The predicted molar refractivity (Wildman–Crippen MR) is 77.2 cm³/mol. The molecule has 1 aromatic heterocycles. The Morgan fingerprint density at radius 1 is 1.10 bits per heavy atom. The maximum Gasteiger partial charge on any atom is 0.228 e. The van der Waals surface area contributed by atoms with Gasteiger partial charge in [0.05, 0.1) is 17.1 Å². The van der Waals surface area contributed by atoms with E-state index in [9.17, 15) is 4.79 Å². The fourth-order valence-corrected chi connectivity index (χ4v) is 5.29. The number of hydrogen-bond acceptors (Lipinski definition) is 2. The van der Waals surface area contributed by atoms with Crippen molar-refractivity contribution in [3.63, 3.8) is 0 Å². The first kappa shape index (κ1) is 12.4.